The lowest BCUT2D eigenvalue weighted by Crippen LogP contribution is -2.40. The Kier molecular flexibility index (Phi) is 7.23. The molecule has 20 heavy (non-hydrogen) atoms. The van der Waals surface area contributed by atoms with E-state index >= 15 is 0 Å². The largest absolute Gasteiger partial charge is 0.384 e. The van der Waals surface area contributed by atoms with Gasteiger partial charge in [-0.15, -0.1) is 12.4 Å². The zero-order chi connectivity index (χ0) is 13.7. The minimum absolute atomic E-state index is 0. The summed E-state index contributed by atoms with van der Waals surface area (Å²) in [6.45, 7) is 4.19. The Labute approximate surface area is 127 Å². The molecule has 0 aliphatic carbocycles. The first-order valence-corrected chi connectivity index (χ1v) is 6.95. The van der Waals surface area contributed by atoms with Crippen molar-refractivity contribution in [2.75, 3.05) is 46.0 Å². The van der Waals surface area contributed by atoms with Gasteiger partial charge in [-0.3, -0.25) is 0 Å². The Bertz CT molecular complexity index is 399. The van der Waals surface area contributed by atoms with E-state index in [4.69, 9.17) is 5.73 Å². The van der Waals surface area contributed by atoms with Gasteiger partial charge in [0.25, 0.3) is 0 Å². The van der Waals surface area contributed by atoms with Gasteiger partial charge in [-0.1, -0.05) is 6.07 Å². The van der Waals surface area contributed by atoms with Crippen LogP contribution in [0.4, 0.5) is 5.82 Å². The van der Waals surface area contributed by atoms with Crippen molar-refractivity contribution in [3.8, 4) is 0 Å². The van der Waals surface area contributed by atoms with Crippen LogP contribution in [0.1, 0.15) is 5.69 Å². The van der Waals surface area contributed by atoms with Crippen molar-refractivity contribution in [3.63, 3.8) is 0 Å². The van der Waals surface area contributed by atoms with Gasteiger partial charge < -0.3 is 21.3 Å². The van der Waals surface area contributed by atoms with Crippen molar-refractivity contribution in [3.05, 3.63) is 23.9 Å². The Morgan fingerprint density at radius 3 is 2.90 bits per heavy atom. The molecule has 6 heteroatoms. The van der Waals surface area contributed by atoms with Crippen LogP contribution in [0.25, 0.3) is 0 Å². The minimum Gasteiger partial charge on any atom is -0.384 e. The highest BCUT2D eigenvalue weighted by molar-refractivity contribution is 5.85. The second-order valence-corrected chi connectivity index (χ2v) is 5.54. The fourth-order valence-corrected chi connectivity index (χ4v) is 2.54. The summed E-state index contributed by atoms with van der Waals surface area (Å²) in [6.07, 6.45) is 0.984. The smallest absolute Gasteiger partial charge is 0.123 e. The van der Waals surface area contributed by atoms with Crippen LogP contribution in [0, 0.1) is 5.92 Å². The second-order valence-electron chi connectivity index (χ2n) is 5.54. The zero-order valence-corrected chi connectivity index (χ0v) is 13.1. The van der Waals surface area contributed by atoms with Crippen LogP contribution in [0.3, 0.4) is 0 Å². The SMILES string of the molecule is CN(C)CCN[C@H]1CNC[C@@H]1Cc1cccc(N)n1.Cl. The topological polar surface area (TPSA) is 66.2 Å². The molecule has 1 saturated heterocycles. The lowest BCUT2D eigenvalue weighted by molar-refractivity contribution is 0.361. The van der Waals surface area contributed by atoms with E-state index in [1.165, 1.54) is 0 Å². The van der Waals surface area contributed by atoms with E-state index in [9.17, 15) is 0 Å². The molecular formula is C14H26ClN5. The fraction of sp³-hybridized carbons (Fsp3) is 0.643. The molecule has 5 nitrogen and oxygen atoms in total. The third kappa shape index (κ3) is 5.25. The molecule has 1 aromatic rings. The molecule has 0 amide bonds. The molecule has 2 rings (SSSR count). The van der Waals surface area contributed by atoms with E-state index in [1.807, 2.05) is 12.1 Å². The van der Waals surface area contributed by atoms with Crippen LogP contribution in [0.5, 0.6) is 0 Å². The molecule has 2 atom stereocenters. The number of hydrogen-bond donors (Lipinski definition) is 3. The lowest BCUT2D eigenvalue weighted by Gasteiger charge is -2.21. The lowest BCUT2D eigenvalue weighted by atomic mass is 9.97. The van der Waals surface area contributed by atoms with Crippen LogP contribution in [0.2, 0.25) is 0 Å². The first kappa shape index (κ1) is 17.2. The predicted octanol–water partition coefficient (Wildman–Crippen LogP) is 0.367. The normalized spacial score (nSPS) is 21.9. The van der Waals surface area contributed by atoms with Gasteiger partial charge in [0.05, 0.1) is 0 Å². The summed E-state index contributed by atoms with van der Waals surface area (Å²) in [5, 5.41) is 7.09. The molecule has 0 saturated carbocycles. The van der Waals surface area contributed by atoms with Gasteiger partial charge in [0.2, 0.25) is 0 Å². The molecule has 0 unspecified atom stereocenters. The van der Waals surface area contributed by atoms with E-state index < -0.39 is 0 Å². The standard InChI is InChI=1S/C14H25N5.ClH/c1-19(2)7-6-17-13-10-16-9-11(13)8-12-4-3-5-14(15)18-12;/h3-5,11,13,16-17H,6-10H2,1-2H3,(H2,15,18);1H/t11-,13-;/m0./s1. The van der Waals surface area contributed by atoms with Gasteiger partial charge in [-0.25, -0.2) is 4.98 Å². The minimum atomic E-state index is 0. The molecule has 1 aliphatic rings. The molecule has 0 radical (unpaired) electrons. The Hall–Kier alpha value is -0.880. The Morgan fingerprint density at radius 2 is 2.20 bits per heavy atom. The molecule has 1 fully saturated rings. The molecule has 0 aromatic carbocycles. The van der Waals surface area contributed by atoms with Crippen molar-refractivity contribution >= 4 is 18.2 Å². The van der Waals surface area contributed by atoms with Crippen LogP contribution in [0.15, 0.2) is 18.2 Å². The number of pyridine rings is 1. The van der Waals surface area contributed by atoms with Crippen molar-refractivity contribution in [2.24, 2.45) is 5.92 Å². The zero-order valence-electron chi connectivity index (χ0n) is 12.3. The molecular weight excluding hydrogens is 274 g/mol. The first-order chi connectivity index (χ1) is 9.15. The predicted molar refractivity (Wildman–Crippen MR) is 86.3 cm³/mol. The van der Waals surface area contributed by atoms with Gasteiger partial charge in [0.15, 0.2) is 0 Å². The van der Waals surface area contributed by atoms with E-state index in [1.54, 1.807) is 0 Å². The molecule has 114 valence electrons. The second kappa shape index (κ2) is 8.42. The molecule has 4 N–H and O–H groups in total. The van der Waals surface area contributed by atoms with E-state index in [2.05, 4.69) is 40.7 Å². The first-order valence-electron chi connectivity index (χ1n) is 6.95. The van der Waals surface area contributed by atoms with Gasteiger partial charge in [-0.2, -0.15) is 0 Å². The van der Waals surface area contributed by atoms with E-state index in [0.717, 1.165) is 38.3 Å². The maximum Gasteiger partial charge on any atom is 0.123 e. The van der Waals surface area contributed by atoms with E-state index in [0.29, 0.717) is 17.8 Å². The molecule has 0 spiro atoms. The van der Waals surface area contributed by atoms with Crippen LogP contribution in [-0.4, -0.2) is 56.2 Å². The monoisotopic (exact) mass is 299 g/mol. The Morgan fingerprint density at radius 1 is 1.40 bits per heavy atom. The number of anilines is 1. The summed E-state index contributed by atoms with van der Waals surface area (Å²) < 4.78 is 0. The van der Waals surface area contributed by atoms with Gasteiger partial charge >= 0.3 is 0 Å². The fourth-order valence-electron chi connectivity index (χ4n) is 2.54. The number of rotatable bonds is 6. The van der Waals surface area contributed by atoms with E-state index in [-0.39, 0.29) is 12.4 Å². The van der Waals surface area contributed by atoms with Gasteiger partial charge in [-0.05, 0) is 45.1 Å². The summed E-state index contributed by atoms with van der Waals surface area (Å²) in [4.78, 5) is 6.59. The highest BCUT2D eigenvalue weighted by Crippen LogP contribution is 2.15. The number of nitrogen functional groups attached to an aromatic ring is 1. The molecule has 2 heterocycles. The molecule has 0 bridgehead atoms. The third-order valence-electron chi connectivity index (χ3n) is 3.60. The van der Waals surface area contributed by atoms with Gasteiger partial charge in [0.1, 0.15) is 5.82 Å². The average Bonchev–Trinajstić information content (AvgIpc) is 2.76. The van der Waals surface area contributed by atoms with Crippen LogP contribution < -0.4 is 16.4 Å². The summed E-state index contributed by atoms with van der Waals surface area (Å²) in [7, 11) is 4.20. The summed E-state index contributed by atoms with van der Waals surface area (Å²) in [6, 6.07) is 6.41. The number of aromatic nitrogens is 1. The highest BCUT2D eigenvalue weighted by Gasteiger charge is 2.26. The highest BCUT2D eigenvalue weighted by atomic mass is 35.5. The van der Waals surface area contributed by atoms with Crippen LogP contribution in [-0.2, 0) is 6.42 Å². The quantitative estimate of drug-likeness (QED) is 0.708. The number of nitrogens with zero attached hydrogens (tertiary/aromatic N) is 2. The number of nitrogens with two attached hydrogens (primary N) is 1. The van der Waals surface area contributed by atoms with Crippen molar-refractivity contribution < 1.29 is 0 Å². The number of nitrogens with one attached hydrogen (secondary N) is 2. The van der Waals surface area contributed by atoms with Gasteiger partial charge in [0, 0.05) is 31.4 Å². The maximum atomic E-state index is 5.73. The van der Waals surface area contributed by atoms with Crippen LogP contribution >= 0.6 is 12.4 Å². The third-order valence-corrected chi connectivity index (χ3v) is 3.60. The maximum absolute atomic E-state index is 5.73. The molecule has 1 aromatic heterocycles. The number of likely N-dealkylation sites (N-methyl/N-ethyl adjacent to an activating group) is 1. The van der Waals surface area contributed by atoms with Crippen molar-refractivity contribution in [2.45, 2.75) is 12.5 Å². The summed E-state index contributed by atoms with van der Waals surface area (Å²) in [5.74, 6) is 1.21. The summed E-state index contributed by atoms with van der Waals surface area (Å²) >= 11 is 0. The summed E-state index contributed by atoms with van der Waals surface area (Å²) in [5.41, 5.74) is 6.82. The average molecular weight is 300 g/mol. The number of hydrogen-bond acceptors (Lipinski definition) is 5. The van der Waals surface area contributed by atoms with Crippen molar-refractivity contribution in [1.29, 1.82) is 0 Å². The Balaban J connectivity index is 0.00000200. The number of halogens is 1. The molecule has 1 aliphatic heterocycles. The van der Waals surface area contributed by atoms with Crippen molar-refractivity contribution in [1.82, 2.24) is 20.5 Å².